The first-order valence-corrected chi connectivity index (χ1v) is 5.57. The molecule has 0 N–H and O–H groups in total. The Balaban J connectivity index is 2.49. The van der Waals surface area contributed by atoms with Gasteiger partial charge in [0.1, 0.15) is 0 Å². The number of carbonyl (C=O) groups is 1. The summed E-state index contributed by atoms with van der Waals surface area (Å²) in [6, 6.07) is 0.601. The molecule has 1 aliphatic rings. The largest absolute Gasteiger partial charge is 0.331 e. The molecule has 82 valence electrons. The molecule has 0 saturated heterocycles. The molecule has 0 atom stereocenters. The molecule has 0 spiro atoms. The molecule has 0 radical (unpaired) electrons. The molecule has 14 heavy (non-hydrogen) atoms. The molecular weight excluding hydrogens is 176 g/mol. The van der Waals surface area contributed by atoms with Crippen LogP contribution in [0.3, 0.4) is 0 Å². The van der Waals surface area contributed by atoms with Crippen LogP contribution >= 0.6 is 0 Å². The van der Waals surface area contributed by atoms with Crippen molar-refractivity contribution >= 4 is 6.03 Å². The fourth-order valence-corrected chi connectivity index (χ4v) is 2.12. The van der Waals surface area contributed by atoms with E-state index in [1.807, 2.05) is 26.0 Å². The first kappa shape index (κ1) is 11.3. The molecule has 0 aromatic rings. The van der Waals surface area contributed by atoms with Crippen molar-refractivity contribution in [1.29, 1.82) is 0 Å². The highest BCUT2D eigenvalue weighted by Gasteiger charge is 2.21. The van der Waals surface area contributed by atoms with Gasteiger partial charge in [-0.1, -0.05) is 25.7 Å². The highest BCUT2D eigenvalue weighted by molar-refractivity contribution is 5.73. The lowest BCUT2D eigenvalue weighted by Gasteiger charge is -2.29. The quantitative estimate of drug-likeness (QED) is 0.593. The summed E-state index contributed by atoms with van der Waals surface area (Å²) in [5.74, 6) is 0. The van der Waals surface area contributed by atoms with Crippen LogP contribution in [0.5, 0.6) is 0 Å². The van der Waals surface area contributed by atoms with E-state index in [1.165, 1.54) is 38.5 Å². The van der Waals surface area contributed by atoms with Gasteiger partial charge < -0.3 is 9.80 Å². The molecule has 0 aromatic heterocycles. The number of amides is 2. The molecule has 1 rings (SSSR count). The lowest BCUT2D eigenvalue weighted by molar-refractivity contribution is 0.158. The lowest BCUT2D eigenvalue weighted by Crippen LogP contribution is -2.42. The number of carbonyl (C=O) groups excluding carboxylic acids is 1. The van der Waals surface area contributed by atoms with Gasteiger partial charge in [-0.15, -0.1) is 0 Å². The van der Waals surface area contributed by atoms with E-state index >= 15 is 0 Å². The van der Waals surface area contributed by atoms with Gasteiger partial charge in [0.2, 0.25) is 0 Å². The maximum atomic E-state index is 11.7. The predicted octanol–water partition coefficient (Wildman–Crippen LogP) is 2.32. The Kier molecular flexibility index (Phi) is 4.23. The van der Waals surface area contributed by atoms with Crippen molar-refractivity contribution in [2.24, 2.45) is 0 Å². The van der Waals surface area contributed by atoms with Crippen LogP contribution in [0.15, 0.2) is 0 Å². The van der Waals surface area contributed by atoms with E-state index in [2.05, 4.69) is 0 Å². The summed E-state index contributed by atoms with van der Waals surface area (Å²) >= 11 is 0. The van der Waals surface area contributed by atoms with Crippen LogP contribution in [-0.4, -0.2) is 43.0 Å². The van der Waals surface area contributed by atoms with Gasteiger partial charge in [-0.25, -0.2) is 4.79 Å². The molecule has 0 heterocycles. The summed E-state index contributed by atoms with van der Waals surface area (Å²) in [5, 5.41) is 0. The molecule has 0 bridgehead atoms. The molecular formula is C11H22N2O. The summed E-state index contributed by atoms with van der Waals surface area (Å²) in [6.07, 6.45) is 7.57. The highest BCUT2D eigenvalue weighted by Crippen LogP contribution is 2.21. The van der Waals surface area contributed by atoms with Crippen LogP contribution in [0, 0.1) is 0 Å². The van der Waals surface area contributed by atoms with Crippen molar-refractivity contribution in [3.63, 3.8) is 0 Å². The number of urea groups is 1. The number of hydrogen-bond acceptors (Lipinski definition) is 1. The first-order valence-electron chi connectivity index (χ1n) is 5.57. The van der Waals surface area contributed by atoms with E-state index in [9.17, 15) is 4.79 Å². The SMILES string of the molecule is CN(C)C(=O)N(C)C1CCCCCC1. The minimum atomic E-state index is 0.136. The monoisotopic (exact) mass is 198 g/mol. The molecule has 1 fully saturated rings. The third kappa shape index (κ3) is 2.89. The molecule has 1 saturated carbocycles. The third-order valence-corrected chi connectivity index (χ3v) is 3.06. The number of nitrogens with zero attached hydrogens (tertiary/aromatic N) is 2. The molecule has 0 aromatic carbocycles. The summed E-state index contributed by atoms with van der Waals surface area (Å²) in [6.45, 7) is 0. The van der Waals surface area contributed by atoms with Gasteiger partial charge in [0.15, 0.2) is 0 Å². The zero-order chi connectivity index (χ0) is 10.6. The molecule has 1 aliphatic carbocycles. The van der Waals surface area contributed by atoms with Crippen molar-refractivity contribution in [1.82, 2.24) is 9.80 Å². The fourth-order valence-electron chi connectivity index (χ4n) is 2.12. The van der Waals surface area contributed by atoms with Gasteiger partial charge in [-0.3, -0.25) is 0 Å². The van der Waals surface area contributed by atoms with Crippen molar-refractivity contribution in [3.8, 4) is 0 Å². The molecule has 2 amide bonds. The summed E-state index contributed by atoms with van der Waals surface area (Å²) in [5.41, 5.74) is 0. The number of hydrogen-bond donors (Lipinski definition) is 0. The van der Waals surface area contributed by atoms with Crippen LogP contribution in [0.4, 0.5) is 4.79 Å². The predicted molar refractivity (Wildman–Crippen MR) is 58.3 cm³/mol. The average molecular weight is 198 g/mol. The van der Waals surface area contributed by atoms with Gasteiger partial charge in [-0.05, 0) is 12.8 Å². The van der Waals surface area contributed by atoms with Crippen LogP contribution in [0.1, 0.15) is 38.5 Å². The van der Waals surface area contributed by atoms with E-state index < -0.39 is 0 Å². The van der Waals surface area contributed by atoms with Crippen molar-refractivity contribution in [2.75, 3.05) is 21.1 Å². The van der Waals surface area contributed by atoms with Crippen LogP contribution in [-0.2, 0) is 0 Å². The van der Waals surface area contributed by atoms with Crippen molar-refractivity contribution in [3.05, 3.63) is 0 Å². The normalized spacial score (nSPS) is 18.8. The molecule has 0 aliphatic heterocycles. The van der Waals surface area contributed by atoms with E-state index in [0.717, 1.165) is 0 Å². The second-order valence-electron chi connectivity index (χ2n) is 4.43. The Morgan fingerprint density at radius 1 is 1.00 bits per heavy atom. The summed E-state index contributed by atoms with van der Waals surface area (Å²) in [4.78, 5) is 15.3. The Bertz CT molecular complexity index is 184. The third-order valence-electron chi connectivity index (χ3n) is 3.06. The minimum Gasteiger partial charge on any atom is -0.331 e. The maximum Gasteiger partial charge on any atom is 0.319 e. The minimum absolute atomic E-state index is 0.136. The molecule has 3 heteroatoms. The zero-order valence-electron chi connectivity index (χ0n) is 9.62. The zero-order valence-corrected chi connectivity index (χ0v) is 9.62. The van der Waals surface area contributed by atoms with Crippen LogP contribution in [0.25, 0.3) is 0 Å². The van der Waals surface area contributed by atoms with Gasteiger partial charge in [0.05, 0.1) is 0 Å². The number of rotatable bonds is 1. The lowest BCUT2D eigenvalue weighted by atomic mass is 10.1. The second kappa shape index (κ2) is 5.23. The van der Waals surface area contributed by atoms with E-state index in [4.69, 9.17) is 0 Å². The smallest absolute Gasteiger partial charge is 0.319 e. The topological polar surface area (TPSA) is 23.6 Å². The Morgan fingerprint density at radius 2 is 1.50 bits per heavy atom. The fraction of sp³-hybridized carbons (Fsp3) is 0.909. The van der Waals surface area contributed by atoms with Gasteiger partial charge in [0.25, 0.3) is 0 Å². The Labute approximate surface area is 87.1 Å². The average Bonchev–Trinajstić information content (AvgIpc) is 2.43. The standard InChI is InChI=1S/C11H22N2O/c1-12(2)11(14)13(3)10-8-6-4-5-7-9-10/h10H,4-9H2,1-3H3. The summed E-state index contributed by atoms with van der Waals surface area (Å²) in [7, 11) is 5.56. The maximum absolute atomic E-state index is 11.7. The van der Waals surface area contributed by atoms with Crippen molar-refractivity contribution in [2.45, 2.75) is 44.6 Å². The summed E-state index contributed by atoms with van der Waals surface area (Å²) < 4.78 is 0. The first-order chi connectivity index (χ1) is 6.63. The van der Waals surface area contributed by atoms with E-state index in [-0.39, 0.29) is 6.03 Å². The van der Waals surface area contributed by atoms with Crippen LogP contribution in [0.2, 0.25) is 0 Å². The Hall–Kier alpha value is -0.730. The van der Waals surface area contributed by atoms with Crippen molar-refractivity contribution < 1.29 is 4.79 Å². The van der Waals surface area contributed by atoms with Gasteiger partial charge in [-0.2, -0.15) is 0 Å². The van der Waals surface area contributed by atoms with E-state index in [1.54, 1.807) is 4.90 Å². The molecule has 3 nitrogen and oxygen atoms in total. The Morgan fingerprint density at radius 3 is 1.93 bits per heavy atom. The highest BCUT2D eigenvalue weighted by atomic mass is 16.2. The molecule has 0 unspecified atom stereocenters. The van der Waals surface area contributed by atoms with E-state index in [0.29, 0.717) is 6.04 Å². The van der Waals surface area contributed by atoms with Gasteiger partial charge in [0, 0.05) is 27.2 Å². The van der Waals surface area contributed by atoms with Crippen LogP contribution < -0.4 is 0 Å². The van der Waals surface area contributed by atoms with Gasteiger partial charge >= 0.3 is 6.03 Å². The second-order valence-corrected chi connectivity index (χ2v) is 4.43.